The lowest BCUT2D eigenvalue weighted by Crippen LogP contribution is -2.30. The van der Waals surface area contributed by atoms with Gasteiger partial charge in [-0.05, 0) is 19.9 Å². The lowest BCUT2D eigenvalue weighted by atomic mass is 10.3. The van der Waals surface area contributed by atoms with Crippen molar-refractivity contribution in [3.63, 3.8) is 0 Å². The molecule has 0 amide bonds. The second-order valence-corrected chi connectivity index (χ2v) is 3.75. The molecule has 0 saturated carbocycles. The van der Waals surface area contributed by atoms with E-state index in [0.717, 1.165) is 6.54 Å². The van der Waals surface area contributed by atoms with E-state index in [4.69, 9.17) is 4.52 Å². The maximum absolute atomic E-state index is 5.00. The normalized spacial score (nSPS) is 12.9. The summed E-state index contributed by atoms with van der Waals surface area (Å²) in [4.78, 5) is 4.12. The molecule has 2 aromatic rings. The molecule has 1 unspecified atom stereocenters. The van der Waals surface area contributed by atoms with Gasteiger partial charge in [-0.3, -0.25) is 4.68 Å². The van der Waals surface area contributed by atoms with Crippen LogP contribution in [-0.2, 0) is 13.1 Å². The van der Waals surface area contributed by atoms with E-state index in [0.29, 0.717) is 24.3 Å². The topological polar surface area (TPSA) is 68.8 Å². The highest BCUT2D eigenvalue weighted by Gasteiger charge is 2.06. The smallest absolute Gasteiger partial charge is 0.240 e. The van der Waals surface area contributed by atoms with Crippen molar-refractivity contribution in [1.82, 2.24) is 25.2 Å². The fourth-order valence-corrected chi connectivity index (χ4v) is 1.43. The predicted octanol–water partition coefficient (Wildman–Crippen LogP) is 0.753. The van der Waals surface area contributed by atoms with Crippen LogP contribution in [0.3, 0.4) is 0 Å². The van der Waals surface area contributed by atoms with Crippen LogP contribution in [0.4, 0.5) is 0 Å². The molecular weight excluding hydrogens is 206 g/mol. The fraction of sp³-hybridized carbons (Fsp3) is 0.500. The van der Waals surface area contributed by atoms with Gasteiger partial charge in [-0.25, -0.2) is 0 Å². The maximum Gasteiger partial charge on any atom is 0.240 e. The van der Waals surface area contributed by atoms with Crippen LogP contribution >= 0.6 is 0 Å². The van der Waals surface area contributed by atoms with Crippen molar-refractivity contribution in [2.24, 2.45) is 0 Å². The van der Waals surface area contributed by atoms with Crippen LogP contribution in [0.25, 0.3) is 0 Å². The van der Waals surface area contributed by atoms with Crippen molar-refractivity contribution in [1.29, 1.82) is 0 Å². The molecule has 86 valence electrons. The second kappa shape index (κ2) is 4.89. The average molecular weight is 221 g/mol. The highest BCUT2D eigenvalue weighted by molar-refractivity contribution is 4.83. The Labute approximate surface area is 93.7 Å². The van der Waals surface area contributed by atoms with E-state index in [1.54, 1.807) is 13.1 Å². The molecule has 0 aliphatic heterocycles. The van der Waals surface area contributed by atoms with Gasteiger partial charge in [-0.1, -0.05) is 5.16 Å². The van der Waals surface area contributed by atoms with Gasteiger partial charge < -0.3 is 9.84 Å². The monoisotopic (exact) mass is 221 g/mol. The number of nitrogens with zero attached hydrogens (tertiary/aromatic N) is 4. The summed E-state index contributed by atoms with van der Waals surface area (Å²) in [6.45, 7) is 5.30. The summed E-state index contributed by atoms with van der Waals surface area (Å²) in [6.07, 6.45) is 3.71. The Morgan fingerprint density at radius 1 is 1.56 bits per heavy atom. The minimum absolute atomic E-state index is 0.298. The Kier molecular flexibility index (Phi) is 3.31. The molecule has 0 aliphatic carbocycles. The third kappa shape index (κ3) is 2.90. The summed E-state index contributed by atoms with van der Waals surface area (Å²) in [7, 11) is 0. The van der Waals surface area contributed by atoms with Crippen molar-refractivity contribution >= 4 is 0 Å². The van der Waals surface area contributed by atoms with E-state index in [1.165, 1.54) is 0 Å². The molecular formula is C10H15N5O. The zero-order valence-electron chi connectivity index (χ0n) is 9.42. The summed E-state index contributed by atoms with van der Waals surface area (Å²) in [5, 5.41) is 11.2. The first-order valence-corrected chi connectivity index (χ1v) is 5.24. The summed E-state index contributed by atoms with van der Waals surface area (Å²) >= 11 is 0. The second-order valence-electron chi connectivity index (χ2n) is 3.75. The van der Waals surface area contributed by atoms with Gasteiger partial charge in [0.1, 0.15) is 0 Å². The van der Waals surface area contributed by atoms with Crippen LogP contribution in [0.5, 0.6) is 0 Å². The molecule has 16 heavy (non-hydrogen) atoms. The largest absolute Gasteiger partial charge is 0.338 e. The van der Waals surface area contributed by atoms with Gasteiger partial charge in [0.25, 0.3) is 0 Å². The van der Waals surface area contributed by atoms with Crippen molar-refractivity contribution in [3.05, 3.63) is 30.2 Å². The molecule has 0 bridgehead atoms. The lowest BCUT2D eigenvalue weighted by molar-refractivity contribution is 0.348. The molecule has 6 nitrogen and oxygen atoms in total. The van der Waals surface area contributed by atoms with Gasteiger partial charge in [-0.15, -0.1) is 0 Å². The van der Waals surface area contributed by atoms with Gasteiger partial charge in [0.05, 0.1) is 13.1 Å². The van der Waals surface area contributed by atoms with Gasteiger partial charge in [0.2, 0.25) is 5.89 Å². The number of aryl methyl sites for hydroxylation is 1. The molecule has 2 rings (SSSR count). The first-order chi connectivity index (χ1) is 7.74. The van der Waals surface area contributed by atoms with Crippen molar-refractivity contribution in [3.8, 4) is 0 Å². The minimum atomic E-state index is 0.298. The zero-order chi connectivity index (χ0) is 11.4. The van der Waals surface area contributed by atoms with Crippen LogP contribution in [0.2, 0.25) is 0 Å². The quantitative estimate of drug-likeness (QED) is 0.807. The number of nitrogens with one attached hydrogen (secondary N) is 1. The summed E-state index contributed by atoms with van der Waals surface area (Å²) in [5.41, 5.74) is 0. The van der Waals surface area contributed by atoms with Crippen LogP contribution in [-0.4, -0.2) is 26.0 Å². The molecule has 6 heteroatoms. The third-order valence-corrected chi connectivity index (χ3v) is 2.19. The molecule has 1 atom stereocenters. The van der Waals surface area contributed by atoms with E-state index in [2.05, 4.69) is 27.5 Å². The Hall–Kier alpha value is -1.69. The highest BCUT2D eigenvalue weighted by Crippen LogP contribution is 1.97. The number of hydrogen-bond acceptors (Lipinski definition) is 5. The average Bonchev–Trinajstić information content (AvgIpc) is 2.87. The Balaban J connectivity index is 1.77. The van der Waals surface area contributed by atoms with Crippen LogP contribution in [0.15, 0.2) is 23.0 Å². The van der Waals surface area contributed by atoms with Crippen LogP contribution in [0, 0.1) is 6.92 Å². The van der Waals surface area contributed by atoms with Crippen molar-refractivity contribution < 1.29 is 4.52 Å². The fourth-order valence-electron chi connectivity index (χ4n) is 1.43. The standard InChI is InChI=1S/C10H15N5O/c1-8(7-15-5-3-4-12-15)11-6-10-13-9(2)14-16-10/h3-5,8,11H,6-7H2,1-2H3. The molecule has 0 spiro atoms. The number of rotatable bonds is 5. The van der Waals surface area contributed by atoms with E-state index in [-0.39, 0.29) is 0 Å². The zero-order valence-corrected chi connectivity index (χ0v) is 9.42. The van der Waals surface area contributed by atoms with E-state index in [9.17, 15) is 0 Å². The number of hydrogen-bond donors (Lipinski definition) is 1. The molecule has 0 radical (unpaired) electrons. The molecule has 0 aliphatic rings. The maximum atomic E-state index is 5.00. The first-order valence-electron chi connectivity index (χ1n) is 5.24. The minimum Gasteiger partial charge on any atom is -0.338 e. The van der Waals surface area contributed by atoms with Crippen molar-refractivity contribution in [2.45, 2.75) is 33.0 Å². The summed E-state index contributed by atoms with van der Waals surface area (Å²) in [5.74, 6) is 1.28. The van der Waals surface area contributed by atoms with Crippen LogP contribution < -0.4 is 5.32 Å². The summed E-state index contributed by atoms with van der Waals surface area (Å²) < 4.78 is 6.89. The SMILES string of the molecule is Cc1noc(CNC(C)Cn2cccn2)n1. The van der Waals surface area contributed by atoms with Gasteiger partial charge in [-0.2, -0.15) is 10.1 Å². The lowest BCUT2D eigenvalue weighted by Gasteiger charge is -2.11. The molecule has 2 heterocycles. The molecule has 2 aromatic heterocycles. The van der Waals surface area contributed by atoms with Gasteiger partial charge >= 0.3 is 0 Å². The molecule has 0 saturated heterocycles. The number of aromatic nitrogens is 4. The van der Waals surface area contributed by atoms with Crippen molar-refractivity contribution in [2.75, 3.05) is 0 Å². The van der Waals surface area contributed by atoms with E-state index < -0.39 is 0 Å². The Morgan fingerprint density at radius 2 is 2.44 bits per heavy atom. The van der Waals surface area contributed by atoms with E-state index >= 15 is 0 Å². The first kappa shape index (κ1) is 10.8. The Bertz CT molecular complexity index is 422. The summed E-state index contributed by atoms with van der Waals surface area (Å²) in [6, 6.07) is 2.21. The van der Waals surface area contributed by atoms with Gasteiger partial charge in [0, 0.05) is 18.4 Å². The third-order valence-electron chi connectivity index (χ3n) is 2.19. The molecule has 1 N–H and O–H groups in total. The van der Waals surface area contributed by atoms with E-state index in [1.807, 2.05) is 16.9 Å². The van der Waals surface area contributed by atoms with Crippen LogP contribution in [0.1, 0.15) is 18.6 Å². The predicted molar refractivity (Wildman–Crippen MR) is 57.6 cm³/mol. The molecule has 0 aromatic carbocycles. The Morgan fingerprint density at radius 3 is 3.06 bits per heavy atom. The van der Waals surface area contributed by atoms with Gasteiger partial charge in [0.15, 0.2) is 5.82 Å². The molecule has 0 fully saturated rings. The highest BCUT2D eigenvalue weighted by atomic mass is 16.5.